The van der Waals surface area contributed by atoms with Gasteiger partial charge >= 0.3 is 0 Å². The number of nitrogens with zero attached hydrogens (tertiary/aromatic N) is 1. The molecule has 0 radical (unpaired) electrons. The highest BCUT2D eigenvalue weighted by molar-refractivity contribution is 5.85. The molecule has 16 heavy (non-hydrogen) atoms. The van der Waals surface area contributed by atoms with Crippen molar-refractivity contribution in [1.82, 2.24) is 0 Å². The Bertz CT molecular complexity index is 329. The highest BCUT2D eigenvalue weighted by atomic mass is 15.1. The summed E-state index contributed by atoms with van der Waals surface area (Å²) in [5, 5.41) is 0. The molecule has 0 unspecified atom stereocenters. The second-order valence-electron chi connectivity index (χ2n) is 6.55. The maximum atomic E-state index is 2.44. The predicted octanol–water partition coefficient (Wildman–Crippen LogP) is 4.15. The van der Waals surface area contributed by atoms with Gasteiger partial charge in [-0.15, -0.1) is 0 Å². The standard InChI is InChI=1S/C15H26N/c1-14(2,3)13-11-9-7-8-10-12-16(13)15(4,5)6/h7-8,10,12H,9,11H2,1-6H3/q+1/b8-7-,12-10-,16-13-. The Balaban J connectivity index is 3.29. The second-order valence-corrected chi connectivity index (χ2v) is 6.55. The molecule has 1 rings (SSSR count). The van der Waals surface area contributed by atoms with E-state index in [1.807, 2.05) is 0 Å². The zero-order chi connectivity index (χ0) is 12.4. The van der Waals surface area contributed by atoms with Crippen LogP contribution in [0.3, 0.4) is 0 Å². The van der Waals surface area contributed by atoms with Gasteiger partial charge in [0, 0.05) is 38.7 Å². The van der Waals surface area contributed by atoms with Gasteiger partial charge in [0.2, 0.25) is 0 Å². The smallest absolute Gasteiger partial charge is 0.169 e. The summed E-state index contributed by atoms with van der Waals surface area (Å²) in [4.78, 5) is 0. The molecule has 1 nitrogen and oxygen atoms in total. The first kappa shape index (κ1) is 13.2. The highest BCUT2D eigenvalue weighted by Crippen LogP contribution is 2.24. The molecule has 90 valence electrons. The molecule has 0 saturated heterocycles. The lowest BCUT2D eigenvalue weighted by molar-refractivity contribution is -0.539. The largest absolute Gasteiger partial charge is 0.201 e. The molecule has 1 aliphatic rings. The fraction of sp³-hybridized carbons (Fsp3) is 0.667. The minimum Gasteiger partial charge on any atom is -0.201 e. The third kappa shape index (κ3) is 3.33. The SMILES string of the molecule is CC(C)(C)/C1=[N+](C(C)(C)C)/C=C\C=C/CC1. The molecule has 0 aromatic carbocycles. The van der Waals surface area contributed by atoms with Gasteiger partial charge in [0.05, 0.1) is 0 Å². The normalized spacial score (nSPS) is 27.1. The van der Waals surface area contributed by atoms with Gasteiger partial charge in [-0.3, -0.25) is 0 Å². The van der Waals surface area contributed by atoms with Crippen LogP contribution in [0.25, 0.3) is 0 Å². The zero-order valence-corrected chi connectivity index (χ0v) is 11.7. The van der Waals surface area contributed by atoms with E-state index in [1.165, 1.54) is 5.71 Å². The Hall–Kier alpha value is -0.850. The Labute approximate surface area is 101 Å². The fourth-order valence-corrected chi connectivity index (χ4v) is 2.11. The van der Waals surface area contributed by atoms with Crippen LogP contribution in [0.2, 0.25) is 0 Å². The Kier molecular flexibility index (Phi) is 3.77. The van der Waals surface area contributed by atoms with Crippen LogP contribution >= 0.6 is 0 Å². The maximum absolute atomic E-state index is 2.44. The van der Waals surface area contributed by atoms with E-state index in [0.29, 0.717) is 0 Å². The maximum Gasteiger partial charge on any atom is 0.169 e. The topological polar surface area (TPSA) is 3.01 Å². The van der Waals surface area contributed by atoms with Gasteiger partial charge < -0.3 is 0 Å². The first-order chi connectivity index (χ1) is 7.23. The van der Waals surface area contributed by atoms with E-state index in [1.54, 1.807) is 0 Å². The second kappa shape index (κ2) is 4.57. The summed E-state index contributed by atoms with van der Waals surface area (Å²) in [7, 11) is 0. The molecule has 0 fully saturated rings. The van der Waals surface area contributed by atoms with Crippen LogP contribution in [0.15, 0.2) is 24.4 Å². The third-order valence-corrected chi connectivity index (χ3v) is 2.91. The Morgan fingerprint density at radius 1 is 1.00 bits per heavy atom. The van der Waals surface area contributed by atoms with Crippen LogP contribution in [-0.4, -0.2) is 15.8 Å². The molecule has 0 aromatic rings. The van der Waals surface area contributed by atoms with Crippen LogP contribution in [0.1, 0.15) is 54.4 Å². The summed E-state index contributed by atoms with van der Waals surface area (Å²) >= 11 is 0. The van der Waals surface area contributed by atoms with Crippen molar-refractivity contribution < 1.29 is 4.58 Å². The average molecular weight is 220 g/mol. The van der Waals surface area contributed by atoms with Crippen molar-refractivity contribution in [2.45, 2.75) is 59.9 Å². The average Bonchev–Trinajstić information content (AvgIpc) is 1.96. The molecule has 0 aromatic heterocycles. The van der Waals surface area contributed by atoms with E-state index in [0.717, 1.165) is 12.8 Å². The minimum absolute atomic E-state index is 0.157. The van der Waals surface area contributed by atoms with Crippen molar-refractivity contribution >= 4 is 5.71 Å². The fourth-order valence-electron chi connectivity index (χ4n) is 2.11. The van der Waals surface area contributed by atoms with Crippen molar-refractivity contribution in [2.75, 3.05) is 0 Å². The van der Waals surface area contributed by atoms with Crippen LogP contribution in [0.4, 0.5) is 0 Å². The molecule has 0 spiro atoms. The summed E-state index contributed by atoms with van der Waals surface area (Å²) in [5.74, 6) is 0. The summed E-state index contributed by atoms with van der Waals surface area (Å²) in [6, 6.07) is 0. The molecule has 0 saturated carbocycles. The lowest BCUT2D eigenvalue weighted by Gasteiger charge is -2.26. The van der Waals surface area contributed by atoms with E-state index >= 15 is 0 Å². The molecule has 0 bridgehead atoms. The molecule has 1 heteroatoms. The Morgan fingerprint density at radius 2 is 1.62 bits per heavy atom. The predicted molar refractivity (Wildman–Crippen MR) is 72.0 cm³/mol. The van der Waals surface area contributed by atoms with E-state index in [9.17, 15) is 0 Å². The van der Waals surface area contributed by atoms with Crippen molar-refractivity contribution in [3.05, 3.63) is 24.4 Å². The number of hydrogen-bond acceptors (Lipinski definition) is 0. The summed E-state index contributed by atoms with van der Waals surface area (Å²) in [6.07, 6.45) is 11.1. The van der Waals surface area contributed by atoms with E-state index in [4.69, 9.17) is 0 Å². The lowest BCUT2D eigenvalue weighted by atomic mass is 9.85. The van der Waals surface area contributed by atoms with Gasteiger partial charge in [-0.05, 0) is 6.42 Å². The molecule has 1 aliphatic heterocycles. The van der Waals surface area contributed by atoms with Crippen LogP contribution in [0.5, 0.6) is 0 Å². The van der Waals surface area contributed by atoms with Crippen molar-refractivity contribution in [3.63, 3.8) is 0 Å². The molecule has 1 heterocycles. The molecule has 0 N–H and O–H groups in total. The minimum atomic E-state index is 0.157. The monoisotopic (exact) mass is 220 g/mol. The van der Waals surface area contributed by atoms with Crippen LogP contribution < -0.4 is 0 Å². The molecule has 0 amide bonds. The first-order valence-electron chi connectivity index (χ1n) is 6.22. The van der Waals surface area contributed by atoms with Gasteiger partial charge in [-0.1, -0.05) is 32.9 Å². The lowest BCUT2D eigenvalue weighted by Crippen LogP contribution is -2.39. The molecule has 0 atom stereocenters. The van der Waals surface area contributed by atoms with Gasteiger partial charge in [-0.25, -0.2) is 4.58 Å². The zero-order valence-electron chi connectivity index (χ0n) is 11.7. The Morgan fingerprint density at radius 3 is 2.12 bits per heavy atom. The van der Waals surface area contributed by atoms with Crippen molar-refractivity contribution in [3.8, 4) is 0 Å². The quantitative estimate of drug-likeness (QED) is 0.540. The molecular formula is C15H26N+. The number of rotatable bonds is 0. The number of hydrogen-bond donors (Lipinski definition) is 0. The van der Waals surface area contributed by atoms with Crippen molar-refractivity contribution in [2.24, 2.45) is 5.41 Å². The van der Waals surface area contributed by atoms with E-state index in [2.05, 4.69) is 70.5 Å². The van der Waals surface area contributed by atoms with E-state index < -0.39 is 0 Å². The summed E-state index contributed by atoms with van der Waals surface area (Å²) < 4.78 is 2.44. The molecular weight excluding hydrogens is 194 g/mol. The van der Waals surface area contributed by atoms with Crippen molar-refractivity contribution in [1.29, 1.82) is 0 Å². The number of allylic oxidation sites excluding steroid dienone is 3. The van der Waals surface area contributed by atoms with Gasteiger partial charge in [0.1, 0.15) is 0 Å². The first-order valence-corrected chi connectivity index (χ1v) is 6.22. The van der Waals surface area contributed by atoms with Gasteiger partial charge in [0.25, 0.3) is 0 Å². The van der Waals surface area contributed by atoms with Gasteiger partial charge in [-0.2, -0.15) is 0 Å². The van der Waals surface area contributed by atoms with E-state index in [-0.39, 0.29) is 11.0 Å². The van der Waals surface area contributed by atoms with Crippen LogP contribution in [0, 0.1) is 5.41 Å². The van der Waals surface area contributed by atoms with Crippen LogP contribution in [-0.2, 0) is 0 Å². The summed E-state index contributed by atoms with van der Waals surface area (Å²) in [5.41, 5.74) is 1.92. The molecule has 0 aliphatic carbocycles. The van der Waals surface area contributed by atoms with Gasteiger partial charge in [0.15, 0.2) is 17.5 Å². The highest BCUT2D eigenvalue weighted by Gasteiger charge is 2.33. The summed E-state index contributed by atoms with van der Waals surface area (Å²) in [6.45, 7) is 13.7. The third-order valence-electron chi connectivity index (χ3n) is 2.91.